The normalized spacial score (nSPS) is 12.9. The fraction of sp³-hybridized carbons (Fsp3) is 0.294. The summed E-state index contributed by atoms with van der Waals surface area (Å²) < 4.78 is 19.2. The zero-order chi connectivity index (χ0) is 14.7. The van der Waals surface area contributed by atoms with E-state index in [1.165, 1.54) is 17.0 Å². The fourth-order valence-electron chi connectivity index (χ4n) is 2.43. The van der Waals surface area contributed by atoms with Crippen LogP contribution in [0.25, 0.3) is 11.0 Å². The van der Waals surface area contributed by atoms with Crippen LogP contribution >= 0.6 is 11.3 Å². The number of benzene rings is 1. The fourth-order valence-corrected chi connectivity index (χ4v) is 3.18. The summed E-state index contributed by atoms with van der Waals surface area (Å²) in [7, 11) is 0. The second-order valence-electron chi connectivity index (χ2n) is 5.12. The molecule has 1 N–H and O–H groups in total. The summed E-state index contributed by atoms with van der Waals surface area (Å²) in [6.45, 7) is 3.07. The van der Waals surface area contributed by atoms with E-state index in [1.807, 2.05) is 6.07 Å². The van der Waals surface area contributed by atoms with Crippen molar-refractivity contribution in [3.8, 4) is 0 Å². The monoisotopic (exact) mass is 303 g/mol. The third kappa shape index (κ3) is 3.34. The number of nitrogens with one attached hydrogen (secondary N) is 1. The van der Waals surface area contributed by atoms with Gasteiger partial charge in [-0.25, -0.2) is 4.39 Å². The van der Waals surface area contributed by atoms with Gasteiger partial charge in [0.05, 0.1) is 6.04 Å². The number of rotatable bonds is 6. The van der Waals surface area contributed by atoms with Crippen molar-refractivity contribution in [3.05, 3.63) is 58.2 Å². The lowest BCUT2D eigenvalue weighted by atomic mass is 10.1. The summed E-state index contributed by atoms with van der Waals surface area (Å²) in [4.78, 5) is 1.32. The Labute approximate surface area is 127 Å². The Morgan fingerprint density at radius 2 is 2.19 bits per heavy atom. The number of hydrogen-bond donors (Lipinski definition) is 1. The largest absolute Gasteiger partial charge is 0.459 e. The van der Waals surface area contributed by atoms with Crippen molar-refractivity contribution in [1.29, 1.82) is 0 Å². The predicted octanol–water partition coefficient (Wildman–Crippen LogP) is 4.92. The average Bonchev–Trinajstić information content (AvgIpc) is 3.11. The van der Waals surface area contributed by atoms with Crippen molar-refractivity contribution in [2.75, 3.05) is 6.54 Å². The van der Waals surface area contributed by atoms with Gasteiger partial charge >= 0.3 is 0 Å². The zero-order valence-electron chi connectivity index (χ0n) is 11.9. The molecule has 0 radical (unpaired) electrons. The number of thiophene rings is 1. The van der Waals surface area contributed by atoms with Crippen LogP contribution in [0.2, 0.25) is 0 Å². The topological polar surface area (TPSA) is 25.2 Å². The Morgan fingerprint density at radius 1 is 1.29 bits per heavy atom. The highest BCUT2D eigenvalue weighted by atomic mass is 32.1. The van der Waals surface area contributed by atoms with E-state index in [9.17, 15) is 4.39 Å². The van der Waals surface area contributed by atoms with Crippen molar-refractivity contribution in [2.45, 2.75) is 25.8 Å². The molecule has 0 amide bonds. The minimum atomic E-state index is -0.230. The standard InChI is InChI=1S/C17H18FNOS/c1-2-7-19-15(11-14-4-3-8-21-14)17-10-12-9-13(18)5-6-16(12)20-17/h3-6,8-10,15,19H,2,7,11H2,1H3. The molecule has 2 aromatic heterocycles. The molecule has 21 heavy (non-hydrogen) atoms. The Morgan fingerprint density at radius 3 is 2.95 bits per heavy atom. The molecule has 110 valence electrons. The quantitative estimate of drug-likeness (QED) is 0.699. The Kier molecular flexibility index (Phi) is 4.36. The molecular weight excluding hydrogens is 285 g/mol. The van der Waals surface area contributed by atoms with Gasteiger partial charge in [0, 0.05) is 16.7 Å². The maximum atomic E-state index is 13.3. The summed E-state index contributed by atoms with van der Waals surface area (Å²) in [5, 5.41) is 6.42. The molecule has 1 atom stereocenters. The van der Waals surface area contributed by atoms with Crippen LogP contribution in [0.4, 0.5) is 4.39 Å². The Bertz CT molecular complexity index is 705. The van der Waals surface area contributed by atoms with E-state index >= 15 is 0 Å². The molecule has 1 unspecified atom stereocenters. The summed E-state index contributed by atoms with van der Waals surface area (Å²) in [6.07, 6.45) is 1.95. The molecule has 0 spiro atoms. The lowest BCUT2D eigenvalue weighted by molar-refractivity contribution is 0.429. The molecule has 0 aliphatic rings. The molecule has 0 saturated carbocycles. The Balaban J connectivity index is 1.89. The first-order valence-electron chi connectivity index (χ1n) is 7.21. The van der Waals surface area contributed by atoms with Gasteiger partial charge in [0.2, 0.25) is 0 Å². The highest BCUT2D eigenvalue weighted by Crippen LogP contribution is 2.28. The Hall–Kier alpha value is -1.65. The highest BCUT2D eigenvalue weighted by Gasteiger charge is 2.17. The van der Waals surface area contributed by atoms with Crippen molar-refractivity contribution in [3.63, 3.8) is 0 Å². The van der Waals surface area contributed by atoms with E-state index in [2.05, 4.69) is 29.8 Å². The van der Waals surface area contributed by atoms with Gasteiger partial charge in [-0.1, -0.05) is 13.0 Å². The van der Waals surface area contributed by atoms with Gasteiger partial charge in [-0.05, 0) is 48.7 Å². The van der Waals surface area contributed by atoms with Crippen LogP contribution in [-0.4, -0.2) is 6.54 Å². The molecular formula is C17H18FNOS. The van der Waals surface area contributed by atoms with Gasteiger partial charge in [0.25, 0.3) is 0 Å². The van der Waals surface area contributed by atoms with Gasteiger partial charge in [-0.3, -0.25) is 0 Å². The van der Waals surface area contributed by atoms with Crippen LogP contribution in [0.3, 0.4) is 0 Å². The molecule has 0 bridgehead atoms. The smallest absolute Gasteiger partial charge is 0.134 e. The van der Waals surface area contributed by atoms with Crippen molar-refractivity contribution < 1.29 is 8.81 Å². The third-order valence-corrected chi connectivity index (χ3v) is 4.37. The number of fused-ring (bicyclic) bond motifs is 1. The summed E-state index contributed by atoms with van der Waals surface area (Å²) >= 11 is 1.75. The zero-order valence-corrected chi connectivity index (χ0v) is 12.8. The van der Waals surface area contributed by atoms with Gasteiger partial charge < -0.3 is 9.73 Å². The van der Waals surface area contributed by atoms with E-state index < -0.39 is 0 Å². The van der Waals surface area contributed by atoms with E-state index in [1.54, 1.807) is 17.4 Å². The van der Waals surface area contributed by atoms with Crippen LogP contribution in [-0.2, 0) is 6.42 Å². The number of halogens is 1. The summed E-state index contributed by atoms with van der Waals surface area (Å²) in [6, 6.07) is 10.9. The lowest BCUT2D eigenvalue weighted by Crippen LogP contribution is -2.23. The van der Waals surface area contributed by atoms with Crippen LogP contribution in [0.5, 0.6) is 0 Å². The first kappa shape index (κ1) is 14.3. The van der Waals surface area contributed by atoms with Crippen molar-refractivity contribution >= 4 is 22.3 Å². The van der Waals surface area contributed by atoms with Crippen LogP contribution in [0.15, 0.2) is 46.2 Å². The van der Waals surface area contributed by atoms with Gasteiger partial charge in [0.15, 0.2) is 0 Å². The second kappa shape index (κ2) is 6.41. The highest BCUT2D eigenvalue weighted by molar-refractivity contribution is 7.09. The van der Waals surface area contributed by atoms with Gasteiger partial charge in [-0.15, -0.1) is 11.3 Å². The average molecular weight is 303 g/mol. The molecule has 0 aliphatic carbocycles. The molecule has 0 fully saturated rings. The van der Waals surface area contributed by atoms with E-state index in [0.717, 1.165) is 36.1 Å². The summed E-state index contributed by atoms with van der Waals surface area (Å²) in [5.74, 6) is 0.642. The molecule has 4 heteroatoms. The summed E-state index contributed by atoms with van der Waals surface area (Å²) in [5.41, 5.74) is 0.737. The van der Waals surface area contributed by atoms with Crippen LogP contribution < -0.4 is 5.32 Å². The van der Waals surface area contributed by atoms with E-state index in [4.69, 9.17) is 4.42 Å². The predicted molar refractivity (Wildman–Crippen MR) is 85.2 cm³/mol. The number of hydrogen-bond acceptors (Lipinski definition) is 3. The minimum Gasteiger partial charge on any atom is -0.459 e. The molecule has 1 aromatic carbocycles. The first-order valence-corrected chi connectivity index (χ1v) is 8.09. The minimum absolute atomic E-state index is 0.124. The second-order valence-corrected chi connectivity index (χ2v) is 6.15. The molecule has 2 heterocycles. The molecule has 0 aliphatic heterocycles. The van der Waals surface area contributed by atoms with Crippen LogP contribution in [0, 0.1) is 5.82 Å². The maximum Gasteiger partial charge on any atom is 0.134 e. The SMILES string of the molecule is CCCNC(Cc1cccs1)c1cc2cc(F)ccc2o1. The van der Waals surface area contributed by atoms with Crippen molar-refractivity contribution in [2.24, 2.45) is 0 Å². The number of furan rings is 1. The van der Waals surface area contributed by atoms with Gasteiger partial charge in [-0.2, -0.15) is 0 Å². The third-order valence-electron chi connectivity index (χ3n) is 3.47. The lowest BCUT2D eigenvalue weighted by Gasteiger charge is -2.15. The molecule has 0 saturated heterocycles. The van der Waals surface area contributed by atoms with E-state index in [-0.39, 0.29) is 11.9 Å². The van der Waals surface area contributed by atoms with E-state index in [0.29, 0.717) is 0 Å². The van der Waals surface area contributed by atoms with Gasteiger partial charge in [0.1, 0.15) is 17.2 Å². The van der Waals surface area contributed by atoms with Crippen LogP contribution in [0.1, 0.15) is 30.0 Å². The first-order chi connectivity index (χ1) is 10.3. The molecule has 2 nitrogen and oxygen atoms in total. The molecule has 3 rings (SSSR count). The molecule has 3 aromatic rings. The van der Waals surface area contributed by atoms with Crippen molar-refractivity contribution in [1.82, 2.24) is 5.32 Å². The maximum absolute atomic E-state index is 13.3.